The van der Waals surface area contributed by atoms with Crippen LogP contribution in [0.3, 0.4) is 0 Å². The van der Waals surface area contributed by atoms with Crippen molar-refractivity contribution in [2.75, 3.05) is 18.6 Å². The first-order valence-corrected chi connectivity index (χ1v) is 7.82. The molecule has 0 aliphatic rings. The Morgan fingerprint density at radius 3 is 2.93 bits per heavy atom. The Morgan fingerprint density at radius 1 is 1.67 bits per heavy atom. The van der Waals surface area contributed by atoms with Gasteiger partial charge in [0.15, 0.2) is 0 Å². The maximum Gasteiger partial charge on any atom is 0.252 e. The van der Waals surface area contributed by atoms with E-state index in [1.54, 1.807) is 17.7 Å². The van der Waals surface area contributed by atoms with Gasteiger partial charge in [-0.25, -0.2) is 0 Å². The largest absolute Gasteiger partial charge is 0.352 e. The minimum absolute atomic E-state index is 0.0705. The average molecular weight is 310 g/mol. The lowest BCUT2D eigenvalue weighted by Gasteiger charge is -2.01. The highest BCUT2D eigenvalue weighted by molar-refractivity contribution is 9.11. The molecule has 1 aromatic heterocycles. The van der Waals surface area contributed by atoms with Crippen molar-refractivity contribution in [2.45, 2.75) is 6.42 Å². The van der Waals surface area contributed by atoms with Crippen LogP contribution in [0.5, 0.6) is 0 Å². The van der Waals surface area contributed by atoms with Gasteiger partial charge in [-0.3, -0.25) is 9.00 Å². The number of thiophene rings is 1. The average Bonchev–Trinajstić information content (AvgIpc) is 2.59. The van der Waals surface area contributed by atoms with Crippen molar-refractivity contribution >= 4 is 44.0 Å². The van der Waals surface area contributed by atoms with Crippen LogP contribution in [0.2, 0.25) is 0 Å². The van der Waals surface area contributed by atoms with Crippen LogP contribution in [-0.4, -0.2) is 28.7 Å². The summed E-state index contributed by atoms with van der Waals surface area (Å²) in [5.74, 6) is 0.562. The summed E-state index contributed by atoms with van der Waals surface area (Å²) in [5, 5.41) is 4.58. The van der Waals surface area contributed by atoms with E-state index in [4.69, 9.17) is 0 Å². The van der Waals surface area contributed by atoms with Crippen molar-refractivity contribution in [3.63, 3.8) is 0 Å². The Kier molecular flexibility index (Phi) is 5.49. The quantitative estimate of drug-likeness (QED) is 0.846. The predicted octanol–water partition coefficient (Wildman–Crippen LogP) is 2.01. The van der Waals surface area contributed by atoms with E-state index in [2.05, 4.69) is 21.2 Å². The fraction of sp³-hybridized carbons (Fsp3) is 0.444. The molecule has 0 aliphatic heterocycles. The predicted molar refractivity (Wildman–Crippen MR) is 67.9 cm³/mol. The number of halogens is 1. The lowest BCUT2D eigenvalue weighted by atomic mass is 10.3. The first kappa shape index (κ1) is 12.9. The molecule has 3 nitrogen and oxygen atoms in total. The number of hydrogen-bond acceptors (Lipinski definition) is 3. The van der Waals surface area contributed by atoms with E-state index in [0.717, 1.165) is 10.2 Å². The number of hydrogen-bond donors (Lipinski definition) is 1. The molecule has 1 heterocycles. The molecule has 0 aliphatic carbocycles. The highest BCUT2D eigenvalue weighted by Gasteiger charge is 2.06. The summed E-state index contributed by atoms with van der Waals surface area (Å²) >= 11 is 4.78. The molecular weight excluding hydrogens is 298 g/mol. The third kappa shape index (κ3) is 4.90. The second-order valence-electron chi connectivity index (χ2n) is 3.03. The summed E-state index contributed by atoms with van der Waals surface area (Å²) in [6, 6.07) is 1.79. The topological polar surface area (TPSA) is 46.2 Å². The van der Waals surface area contributed by atoms with Gasteiger partial charge in [0.1, 0.15) is 0 Å². The molecule has 0 fully saturated rings. The Hall–Kier alpha value is -0.200. The van der Waals surface area contributed by atoms with E-state index in [-0.39, 0.29) is 5.91 Å². The molecule has 15 heavy (non-hydrogen) atoms. The van der Waals surface area contributed by atoms with E-state index in [1.807, 2.05) is 0 Å². The van der Waals surface area contributed by atoms with Gasteiger partial charge in [0.25, 0.3) is 5.91 Å². The van der Waals surface area contributed by atoms with Crippen molar-refractivity contribution in [3.05, 3.63) is 20.8 Å². The molecule has 1 unspecified atom stereocenters. The van der Waals surface area contributed by atoms with Crippen LogP contribution in [0.25, 0.3) is 0 Å². The molecule has 1 rings (SSSR count). The summed E-state index contributed by atoms with van der Waals surface area (Å²) in [5.41, 5.74) is 0.671. The third-order valence-electron chi connectivity index (χ3n) is 1.72. The van der Waals surface area contributed by atoms with E-state index in [9.17, 15) is 9.00 Å². The zero-order valence-electron chi connectivity index (χ0n) is 8.29. The molecule has 1 N–H and O–H groups in total. The Morgan fingerprint density at radius 2 is 2.40 bits per heavy atom. The summed E-state index contributed by atoms with van der Waals surface area (Å²) in [7, 11) is -0.777. The summed E-state index contributed by atoms with van der Waals surface area (Å²) < 4.78 is 11.7. The van der Waals surface area contributed by atoms with Gasteiger partial charge < -0.3 is 5.32 Å². The van der Waals surface area contributed by atoms with Crippen LogP contribution in [0.15, 0.2) is 15.2 Å². The second kappa shape index (κ2) is 6.40. The minimum atomic E-state index is -0.777. The molecule has 1 aromatic rings. The fourth-order valence-electron chi connectivity index (χ4n) is 1.01. The van der Waals surface area contributed by atoms with Crippen LogP contribution in [-0.2, 0) is 10.8 Å². The Labute approximate surface area is 104 Å². The number of rotatable bonds is 5. The smallest absolute Gasteiger partial charge is 0.252 e. The lowest BCUT2D eigenvalue weighted by molar-refractivity contribution is 0.0954. The number of carbonyl (C=O) groups excluding carboxylic acids is 1. The minimum Gasteiger partial charge on any atom is -0.352 e. The third-order valence-corrected chi connectivity index (χ3v) is 4.09. The molecule has 0 saturated heterocycles. The normalized spacial score (nSPS) is 12.4. The van der Waals surface area contributed by atoms with Gasteiger partial charge in [-0.2, -0.15) is 0 Å². The molecule has 0 saturated carbocycles. The zero-order valence-corrected chi connectivity index (χ0v) is 11.5. The van der Waals surface area contributed by atoms with Gasteiger partial charge in [0.05, 0.1) is 9.35 Å². The summed E-state index contributed by atoms with van der Waals surface area (Å²) in [6.07, 6.45) is 2.41. The van der Waals surface area contributed by atoms with Gasteiger partial charge in [0, 0.05) is 34.7 Å². The zero-order chi connectivity index (χ0) is 11.3. The van der Waals surface area contributed by atoms with Crippen molar-refractivity contribution < 1.29 is 9.00 Å². The molecule has 1 atom stereocenters. The van der Waals surface area contributed by atoms with Crippen LogP contribution >= 0.6 is 27.3 Å². The molecule has 6 heteroatoms. The van der Waals surface area contributed by atoms with Crippen molar-refractivity contribution in [1.82, 2.24) is 5.32 Å². The Balaban J connectivity index is 2.28. The highest BCUT2D eigenvalue weighted by Crippen LogP contribution is 2.20. The lowest BCUT2D eigenvalue weighted by Crippen LogP contribution is -2.24. The van der Waals surface area contributed by atoms with E-state index in [0.29, 0.717) is 17.9 Å². The van der Waals surface area contributed by atoms with Crippen molar-refractivity contribution in [2.24, 2.45) is 0 Å². The monoisotopic (exact) mass is 309 g/mol. The van der Waals surface area contributed by atoms with Gasteiger partial charge in [0.2, 0.25) is 0 Å². The van der Waals surface area contributed by atoms with Crippen LogP contribution in [0.1, 0.15) is 16.8 Å². The summed E-state index contributed by atoms with van der Waals surface area (Å²) in [4.78, 5) is 11.5. The first-order chi connectivity index (χ1) is 7.09. The van der Waals surface area contributed by atoms with E-state index < -0.39 is 10.8 Å². The molecule has 84 valence electrons. The Bertz CT molecular complexity index is 365. The molecule has 0 aromatic carbocycles. The molecule has 0 spiro atoms. The maximum atomic E-state index is 11.5. The van der Waals surface area contributed by atoms with Crippen molar-refractivity contribution in [1.29, 1.82) is 0 Å². The van der Waals surface area contributed by atoms with Crippen LogP contribution < -0.4 is 5.32 Å². The van der Waals surface area contributed by atoms with Crippen LogP contribution in [0.4, 0.5) is 0 Å². The molecule has 0 bridgehead atoms. The molecule has 0 radical (unpaired) electrons. The van der Waals surface area contributed by atoms with E-state index >= 15 is 0 Å². The molecular formula is C9H12BrNO2S2. The maximum absolute atomic E-state index is 11.5. The van der Waals surface area contributed by atoms with Gasteiger partial charge in [-0.15, -0.1) is 11.3 Å². The van der Waals surface area contributed by atoms with Gasteiger partial charge in [-0.1, -0.05) is 0 Å². The standard InChI is InChI=1S/C9H12BrNO2S2/c1-15(13)4-2-3-11-9(12)7-5-8(10)14-6-7/h5-6H,2-4H2,1H3,(H,11,12). The molecule has 1 amide bonds. The van der Waals surface area contributed by atoms with Crippen LogP contribution in [0, 0.1) is 0 Å². The highest BCUT2D eigenvalue weighted by atomic mass is 79.9. The van der Waals surface area contributed by atoms with Gasteiger partial charge >= 0.3 is 0 Å². The number of amides is 1. The fourth-order valence-corrected chi connectivity index (χ4v) is 2.70. The second-order valence-corrected chi connectivity index (χ2v) is 6.87. The van der Waals surface area contributed by atoms with E-state index in [1.165, 1.54) is 11.3 Å². The first-order valence-electron chi connectivity index (χ1n) is 4.42. The SMILES string of the molecule is CS(=O)CCCNC(=O)c1csc(Br)c1. The number of carbonyl (C=O) groups is 1. The van der Waals surface area contributed by atoms with Gasteiger partial charge in [-0.05, 0) is 28.4 Å². The summed E-state index contributed by atoms with van der Waals surface area (Å²) in [6.45, 7) is 0.575. The van der Waals surface area contributed by atoms with Crippen molar-refractivity contribution in [3.8, 4) is 0 Å². The number of nitrogens with one attached hydrogen (secondary N) is 1.